The molecule has 1 aliphatic rings. The highest BCUT2D eigenvalue weighted by atomic mass is 16.3. The second-order valence-corrected chi connectivity index (χ2v) is 7.94. The van der Waals surface area contributed by atoms with E-state index < -0.39 is 11.9 Å². The van der Waals surface area contributed by atoms with Gasteiger partial charge in [-0.25, -0.2) is 0 Å². The Balaban J connectivity index is 1.74. The van der Waals surface area contributed by atoms with Crippen LogP contribution in [0, 0.1) is 0 Å². The van der Waals surface area contributed by atoms with Crippen molar-refractivity contribution >= 4 is 11.8 Å². The van der Waals surface area contributed by atoms with Gasteiger partial charge in [-0.2, -0.15) is 0 Å². The van der Waals surface area contributed by atoms with Gasteiger partial charge in [-0.1, -0.05) is 55.8 Å². The van der Waals surface area contributed by atoms with Crippen LogP contribution in [0.5, 0.6) is 5.75 Å². The van der Waals surface area contributed by atoms with E-state index in [0.29, 0.717) is 19.5 Å². The summed E-state index contributed by atoms with van der Waals surface area (Å²) in [4.78, 5) is 29.1. The average Bonchev–Trinajstić information content (AvgIpc) is 3.04. The molecule has 0 aliphatic carbocycles. The summed E-state index contributed by atoms with van der Waals surface area (Å²) >= 11 is 0. The van der Waals surface area contributed by atoms with Gasteiger partial charge in [0.25, 0.3) is 0 Å². The number of phenolic OH excluding ortho intramolecular Hbond substituents is 1. The van der Waals surface area contributed by atoms with E-state index in [-0.39, 0.29) is 17.7 Å². The summed E-state index contributed by atoms with van der Waals surface area (Å²) in [6, 6.07) is 16.3. The first-order chi connectivity index (χ1) is 14.5. The van der Waals surface area contributed by atoms with Crippen molar-refractivity contribution in [2.45, 2.75) is 51.1 Å². The first kappa shape index (κ1) is 21.8. The summed E-state index contributed by atoms with van der Waals surface area (Å²) < 4.78 is 0. The lowest BCUT2D eigenvalue weighted by Crippen LogP contribution is -2.46. The van der Waals surface area contributed by atoms with Crippen molar-refractivity contribution in [3.05, 3.63) is 65.7 Å². The van der Waals surface area contributed by atoms with Crippen molar-refractivity contribution in [1.29, 1.82) is 0 Å². The van der Waals surface area contributed by atoms with Gasteiger partial charge in [0.2, 0.25) is 11.8 Å². The smallest absolute Gasteiger partial charge is 0.242 e. The lowest BCUT2D eigenvalue weighted by Gasteiger charge is -2.25. The number of nitrogens with two attached hydrogens (primary N) is 1. The first-order valence-corrected chi connectivity index (χ1v) is 10.6. The number of nitrogens with zero attached hydrogens (tertiary/aromatic N) is 2. The molecule has 2 amide bonds. The molecule has 1 heterocycles. The van der Waals surface area contributed by atoms with Crippen LogP contribution >= 0.6 is 0 Å². The quantitative estimate of drug-likeness (QED) is 0.632. The number of rotatable bonds is 10. The van der Waals surface area contributed by atoms with Gasteiger partial charge in [0.05, 0.1) is 12.7 Å². The maximum atomic E-state index is 13.3. The molecule has 3 rings (SSSR count). The van der Waals surface area contributed by atoms with Crippen molar-refractivity contribution in [2.24, 2.45) is 5.73 Å². The molecule has 1 aliphatic heterocycles. The van der Waals surface area contributed by atoms with Crippen LogP contribution in [0.3, 0.4) is 0 Å². The van der Waals surface area contributed by atoms with Crippen LogP contribution in [0.2, 0.25) is 0 Å². The number of carbonyl (C=O) groups is 2. The Bertz CT molecular complexity index is 839. The number of hydrogen-bond donors (Lipinski definition) is 2. The van der Waals surface area contributed by atoms with E-state index in [9.17, 15) is 14.7 Å². The zero-order valence-electron chi connectivity index (χ0n) is 17.5. The van der Waals surface area contributed by atoms with E-state index in [1.807, 2.05) is 37.3 Å². The number of aryl methyl sites for hydroxylation is 1. The molecule has 2 aromatic rings. The highest BCUT2D eigenvalue weighted by molar-refractivity contribution is 5.90. The van der Waals surface area contributed by atoms with Gasteiger partial charge in [-0.3, -0.25) is 14.5 Å². The number of benzene rings is 2. The summed E-state index contributed by atoms with van der Waals surface area (Å²) in [7, 11) is 0. The second kappa shape index (κ2) is 10.3. The Kier molecular flexibility index (Phi) is 7.46. The minimum atomic E-state index is -0.566. The van der Waals surface area contributed by atoms with Crippen LogP contribution in [0.25, 0.3) is 0 Å². The number of hydrogen-bond acceptors (Lipinski definition) is 4. The van der Waals surface area contributed by atoms with Crippen LogP contribution < -0.4 is 5.73 Å². The molecule has 0 saturated carbocycles. The summed E-state index contributed by atoms with van der Waals surface area (Å²) in [6.45, 7) is 3.17. The largest absolute Gasteiger partial charge is 0.508 e. The van der Waals surface area contributed by atoms with E-state index in [2.05, 4.69) is 17.0 Å². The van der Waals surface area contributed by atoms with Crippen LogP contribution in [0.4, 0.5) is 0 Å². The fourth-order valence-corrected chi connectivity index (χ4v) is 4.12. The molecule has 160 valence electrons. The van der Waals surface area contributed by atoms with Gasteiger partial charge >= 0.3 is 0 Å². The summed E-state index contributed by atoms with van der Waals surface area (Å²) in [5, 5.41) is 9.54. The Morgan fingerprint density at radius 1 is 1.13 bits per heavy atom. The number of aromatic hydroxyl groups is 1. The zero-order chi connectivity index (χ0) is 21.5. The number of amides is 2. The normalized spacial score (nSPS) is 18.0. The molecule has 2 atom stereocenters. The van der Waals surface area contributed by atoms with Crippen LogP contribution in [0.15, 0.2) is 54.6 Å². The third kappa shape index (κ3) is 5.39. The van der Waals surface area contributed by atoms with E-state index in [0.717, 1.165) is 31.4 Å². The van der Waals surface area contributed by atoms with E-state index in [4.69, 9.17) is 5.73 Å². The molecule has 1 saturated heterocycles. The van der Waals surface area contributed by atoms with Crippen molar-refractivity contribution in [1.82, 2.24) is 9.80 Å². The van der Waals surface area contributed by atoms with Gasteiger partial charge in [-0.15, -0.1) is 0 Å². The average molecular weight is 410 g/mol. The Morgan fingerprint density at radius 3 is 2.47 bits per heavy atom. The van der Waals surface area contributed by atoms with Gasteiger partial charge in [0.15, 0.2) is 0 Å². The maximum Gasteiger partial charge on any atom is 0.242 e. The SMILES string of the molecule is CCC[C@H](C(N)=O)N1CN(CCCc2ccccc2)C(Cc2ccc(O)cc2)C1=O. The van der Waals surface area contributed by atoms with Gasteiger partial charge in [0.1, 0.15) is 11.8 Å². The fraction of sp³-hybridized carbons (Fsp3) is 0.417. The van der Waals surface area contributed by atoms with Crippen LogP contribution in [-0.2, 0) is 22.4 Å². The Morgan fingerprint density at radius 2 is 1.83 bits per heavy atom. The van der Waals surface area contributed by atoms with E-state index >= 15 is 0 Å². The lowest BCUT2D eigenvalue weighted by molar-refractivity contribution is -0.137. The zero-order valence-corrected chi connectivity index (χ0v) is 17.5. The van der Waals surface area contributed by atoms with Crippen LogP contribution in [-0.4, -0.2) is 52.0 Å². The predicted molar refractivity (Wildman–Crippen MR) is 117 cm³/mol. The molecule has 30 heavy (non-hydrogen) atoms. The molecule has 0 bridgehead atoms. The standard InChI is InChI=1S/C24H31N3O3/c1-2-7-21(23(25)29)27-17-26(15-6-10-18-8-4-3-5-9-18)22(24(27)30)16-19-11-13-20(28)14-12-19/h3-5,8-9,11-14,21-22,28H,2,6-7,10,15-17H2,1H3,(H2,25,29)/t21-,22?/m1/s1. The third-order valence-electron chi connectivity index (χ3n) is 5.73. The molecule has 6 nitrogen and oxygen atoms in total. The maximum absolute atomic E-state index is 13.3. The van der Waals surface area contributed by atoms with Crippen molar-refractivity contribution in [2.75, 3.05) is 13.2 Å². The molecule has 1 fully saturated rings. The van der Waals surface area contributed by atoms with E-state index in [1.165, 1.54) is 5.56 Å². The van der Waals surface area contributed by atoms with Gasteiger partial charge in [0, 0.05) is 6.54 Å². The summed E-state index contributed by atoms with van der Waals surface area (Å²) in [6.07, 6.45) is 3.76. The summed E-state index contributed by atoms with van der Waals surface area (Å²) in [5.41, 5.74) is 7.87. The van der Waals surface area contributed by atoms with Crippen LogP contribution in [0.1, 0.15) is 37.3 Å². The molecule has 0 spiro atoms. The highest BCUT2D eigenvalue weighted by Crippen LogP contribution is 2.24. The van der Waals surface area contributed by atoms with Crippen molar-refractivity contribution in [3.63, 3.8) is 0 Å². The molecule has 6 heteroatoms. The molecule has 0 aromatic heterocycles. The topological polar surface area (TPSA) is 86.9 Å². The predicted octanol–water partition coefficient (Wildman–Crippen LogP) is 2.69. The summed E-state index contributed by atoms with van der Waals surface area (Å²) in [5.74, 6) is -0.283. The number of carbonyl (C=O) groups excluding carboxylic acids is 2. The van der Waals surface area contributed by atoms with Gasteiger partial charge < -0.3 is 15.7 Å². The molecule has 1 unspecified atom stereocenters. The molecule has 3 N–H and O–H groups in total. The number of phenols is 1. The van der Waals surface area contributed by atoms with Crippen molar-refractivity contribution < 1.29 is 14.7 Å². The first-order valence-electron chi connectivity index (χ1n) is 10.6. The highest BCUT2D eigenvalue weighted by Gasteiger charge is 2.42. The Hall–Kier alpha value is -2.86. The van der Waals surface area contributed by atoms with Gasteiger partial charge in [-0.05, 0) is 48.9 Å². The monoisotopic (exact) mass is 409 g/mol. The molecule has 0 radical (unpaired) electrons. The Labute approximate surface area is 178 Å². The fourth-order valence-electron chi connectivity index (χ4n) is 4.12. The molecular weight excluding hydrogens is 378 g/mol. The minimum Gasteiger partial charge on any atom is -0.508 e. The minimum absolute atomic E-state index is 0.0416. The number of primary amides is 1. The van der Waals surface area contributed by atoms with E-state index in [1.54, 1.807) is 17.0 Å². The third-order valence-corrected chi connectivity index (χ3v) is 5.73. The second-order valence-electron chi connectivity index (χ2n) is 7.94. The van der Waals surface area contributed by atoms with Crippen molar-refractivity contribution in [3.8, 4) is 5.75 Å². The molecular formula is C24H31N3O3. The lowest BCUT2D eigenvalue weighted by atomic mass is 10.0. The molecule has 2 aromatic carbocycles.